The molecule has 36 heavy (non-hydrogen) atoms. The second-order valence-corrected chi connectivity index (χ2v) is 10.9. The summed E-state index contributed by atoms with van der Waals surface area (Å²) >= 11 is 0. The number of fused-ring (bicyclic) bond motifs is 2. The van der Waals surface area contributed by atoms with Crippen molar-refractivity contribution in [3.8, 4) is 0 Å². The van der Waals surface area contributed by atoms with Crippen LogP contribution in [0.15, 0.2) is 71.7 Å². The molecule has 10 heteroatoms. The van der Waals surface area contributed by atoms with E-state index in [2.05, 4.69) is 11.9 Å². The summed E-state index contributed by atoms with van der Waals surface area (Å²) in [7, 11) is -3.70. The van der Waals surface area contributed by atoms with E-state index in [9.17, 15) is 27.9 Å². The van der Waals surface area contributed by atoms with Crippen LogP contribution in [-0.2, 0) is 29.9 Å². The van der Waals surface area contributed by atoms with Crippen LogP contribution in [0.1, 0.15) is 30.4 Å². The van der Waals surface area contributed by atoms with Crippen LogP contribution in [0.3, 0.4) is 0 Å². The molecular formula is C26H25N3O6S. The molecule has 0 unspecified atom stereocenters. The van der Waals surface area contributed by atoms with Crippen molar-refractivity contribution in [1.29, 1.82) is 0 Å². The maximum absolute atomic E-state index is 13.7. The average molecular weight is 508 g/mol. The molecule has 9 nitrogen and oxygen atoms in total. The van der Waals surface area contributed by atoms with Crippen molar-refractivity contribution in [2.45, 2.75) is 29.7 Å². The first-order valence-electron chi connectivity index (χ1n) is 11.7. The fraction of sp³-hybridized carbons (Fsp3) is 0.269. The fourth-order valence-corrected chi connectivity index (χ4v) is 6.68. The number of hydrogen-bond acceptors (Lipinski definition) is 6. The van der Waals surface area contributed by atoms with Gasteiger partial charge in [-0.15, -0.1) is 6.58 Å². The highest BCUT2D eigenvalue weighted by molar-refractivity contribution is 7.89. The number of piperidine rings is 1. The number of sulfonamides is 1. The summed E-state index contributed by atoms with van der Waals surface area (Å²) < 4.78 is 27.4. The van der Waals surface area contributed by atoms with Gasteiger partial charge in [0.25, 0.3) is 17.6 Å². The molecule has 3 aliphatic rings. The number of nitrogens with one attached hydrogen (secondary N) is 1. The third-order valence-electron chi connectivity index (χ3n) is 6.90. The number of hydrogen-bond donors (Lipinski definition) is 2. The Kier molecular flexibility index (Phi) is 5.80. The molecular weight excluding hydrogens is 482 g/mol. The van der Waals surface area contributed by atoms with E-state index in [1.807, 2.05) is 0 Å². The number of rotatable bonds is 5. The molecule has 2 saturated heterocycles. The van der Waals surface area contributed by atoms with Crippen molar-refractivity contribution < 1.29 is 27.9 Å². The first kappa shape index (κ1) is 24.0. The Morgan fingerprint density at radius 3 is 2.36 bits per heavy atom. The van der Waals surface area contributed by atoms with Gasteiger partial charge >= 0.3 is 0 Å². The third kappa shape index (κ3) is 3.40. The van der Waals surface area contributed by atoms with Crippen molar-refractivity contribution in [3.63, 3.8) is 0 Å². The number of benzene rings is 2. The lowest BCUT2D eigenvalue weighted by molar-refractivity contribution is -0.134. The predicted octanol–water partition coefficient (Wildman–Crippen LogP) is 2.26. The quantitative estimate of drug-likeness (QED) is 0.277. The molecule has 0 saturated carbocycles. The molecule has 0 aromatic heterocycles. The first-order chi connectivity index (χ1) is 17.2. The first-order valence-corrected chi connectivity index (χ1v) is 13.1. The molecule has 2 amide bonds. The van der Waals surface area contributed by atoms with Crippen molar-refractivity contribution in [1.82, 2.24) is 9.62 Å². The van der Waals surface area contributed by atoms with Gasteiger partial charge in [0.2, 0.25) is 10.0 Å². The minimum atomic E-state index is -3.70. The average Bonchev–Trinajstić information content (AvgIpc) is 3.30. The van der Waals surface area contributed by atoms with Crippen LogP contribution < -0.4 is 10.2 Å². The van der Waals surface area contributed by atoms with Crippen LogP contribution in [0, 0.1) is 0 Å². The van der Waals surface area contributed by atoms with E-state index in [0.717, 1.165) is 19.3 Å². The van der Waals surface area contributed by atoms with Gasteiger partial charge in [-0.2, -0.15) is 4.31 Å². The molecule has 3 heterocycles. The lowest BCUT2D eigenvalue weighted by Gasteiger charge is -2.26. The van der Waals surface area contributed by atoms with E-state index in [1.54, 1.807) is 24.3 Å². The normalized spacial score (nSPS) is 23.7. The number of nitrogens with zero attached hydrogens (tertiary/aromatic N) is 2. The number of aliphatic hydroxyl groups is 1. The molecule has 2 aromatic rings. The van der Waals surface area contributed by atoms with Gasteiger partial charge in [-0.05, 0) is 43.2 Å². The Labute approximate surface area is 208 Å². The molecule has 0 aliphatic carbocycles. The number of amides is 2. The van der Waals surface area contributed by atoms with Gasteiger partial charge < -0.3 is 15.3 Å². The number of anilines is 1. The number of para-hydroxylation sites is 1. The minimum absolute atomic E-state index is 0.0621. The van der Waals surface area contributed by atoms with Gasteiger partial charge in [-0.25, -0.2) is 8.42 Å². The highest BCUT2D eigenvalue weighted by Gasteiger charge is 2.62. The van der Waals surface area contributed by atoms with Crippen molar-refractivity contribution in [2.75, 3.05) is 24.5 Å². The van der Waals surface area contributed by atoms with Crippen LogP contribution in [-0.4, -0.2) is 55.1 Å². The molecule has 5 rings (SSSR count). The molecule has 0 radical (unpaired) electrons. The lowest BCUT2D eigenvalue weighted by atomic mass is 9.83. The monoisotopic (exact) mass is 507 g/mol. The van der Waals surface area contributed by atoms with Crippen molar-refractivity contribution in [3.05, 3.63) is 77.9 Å². The largest absolute Gasteiger partial charge is 0.507 e. The van der Waals surface area contributed by atoms with E-state index in [0.29, 0.717) is 24.3 Å². The fourth-order valence-electron chi connectivity index (χ4n) is 5.17. The predicted molar refractivity (Wildman–Crippen MR) is 132 cm³/mol. The van der Waals surface area contributed by atoms with Gasteiger partial charge in [0.15, 0.2) is 5.54 Å². The molecule has 2 fully saturated rings. The number of carbonyl (C=O) groups is 3. The number of Topliss-reactive ketones (excluding diaryl/α,β-unsaturated/α-hetero) is 1. The Hall–Kier alpha value is -3.76. The summed E-state index contributed by atoms with van der Waals surface area (Å²) in [6, 6.07) is 12.2. The Bertz CT molecular complexity index is 1420. The zero-order valence-electron chi connectivity index (χ0n) is 19.4. The molecule has 1 spiro atoms. The standard InChI is InChI=1S/C26H25N3O6S/c1-2-14-29-20-9-5-4-8-19(20)26(25(29)33)21(23(31)24(32)27-26)22(30)17-10-12-18(13-11-17)36(34,35)28-15-6-3-7-16-28/h2,4-5,8-13,30H,1,3,6-7,14-16H2,(H,27,32)/t26-/m1/s1. The van der Waals surface area contributed by atoms with Gasteiger partial charge in [-0.1, -0.05) is 30.7 Å². The summed E-state index contributed by atoms with van der Waals surface area (Å²) in [6.07, 6.45) is 4.11. The second-order valence-electron chi connectivity index (χ2n) is 8.97. The zero-order chi connectivity index (χ0) is 25.7. The Morgan fingerprint density at radius 1 is 1.03 bits per heavy atom. The van der Waals surface area contributed by atoms with E-state index in [1.165, 1.54) is 39.5 Å². The maximum Gasteiger partial charge on any atom is 0.293 e. The van der Waals surface area contributed by atoms with Gasteiger partial charge in [-0.3, -0.25) is 14.4 Å². The van der Waals surface area contributed by atoms with Gasteiger partial charge in [0, 0.05) is 30.8 Å². The van der Waals surface area contributed by atoms with E-state index < -0.39 is 38.9 Å². The minimum Gasteiger partial charge on any atom is -0.507 e. The summed E-state index contributed by atoms with van der Waals surface area (Å²) in [5, 5.41) is 13.8. The molecule has 186 valence electrons. The number of carbonyl (C=O) groups excluding carboxylic acids is 3. The molecule has 3 aliphatic heterocycles. The number of aliphatic hydroxyl groups excluding tert-OH is 1. The summed E-state index contributed by atoms with van der Waals surface area (Å²) in [4.78, 5) is 40.7. The van der Waals surface area contributed by atoms with Crippen LogP contribution >= 0.6 is 0 Å². The Morgan fingerprint density at radius 2 is 1.69 bits per heavy atom. The van der Waals surface area contributed by atoms with Crippen LogP contribution in [0.2, 0.25) is 0 Å². The zero-order valence-corrected chi connectivity index (χ0v) is 20.3. The molecule has 1 atom stereocenters. The third-order valence-corrected chi connectivity index (χ3v) is 8.82. The summed E-state index contributed by atoms with van der Waals surface area (Å²) in [5.41, 5.74) is -1.31. The molecule has 0 bridgehead atoms. The lowest BCUT2D eigenvalue weighted by Crippen LogP contribution is -2.49. The molecule has 2 N–H and O–H groups in total. The van der Waals surface area contributed by atoms with Gasteiger partial charge in [0.1, 0.15) is 5.76 Å². The van der Waals surface area contributed by atoms with Gasteiger partial charge in [0.05, 0.1) is 16.2 Å². The Balaban J connectivity index is 1.61. The second kappa shape index (κ2) is 8.72. The van der Waals surface area contributed by atoms with Crippen LogP contribution in [0.5, 0.6) is 0 Å². The maximum atomic E-state index is 13.7. The van der Waals surface area contributed by atoms with E-state index in [-0.39, 0.29) is 22.6 Å². The summed E-state index contributed by atoms with van der Waals surface area (Å²) in [6.45, 7) is 4.72. The SMILES string of the molecule is C=CCN1C(=O)[C@@]2(NC(=O)C(=O)C2=C(O)c2ccc(S(=O)(=O)N3CCCCC3)cc2)c2ccccc21. The summed E-state index contributed by atoms with van der Waals surface area (Å²) in [5.74, 6) is -3.19. The van der Waals surface area contributed by atoms with Crippen LogP contribution in [0.4, 0.5) is 5.69 Å². The van der Waals surface area contributed by atoms with Crippen LogP contribution in [0.25, 0.3) is 5.76 Å². The highest BCUT2D eigenvalue weighted by atomic mass is 32.2. The molecule has 2 aromatic carbocycles. The van der Waals surface area contributed by atoms with Crippen molar-refractivity contribution >= 4 is 39.1 Å². The van der Waals surface area contributed by atoms with E-state index >= 15 is 0 Å². The van der Waals surface area contributed by atoms with E-state index in [4.69, 9.17) is 0 Å². The topological polar surface area (TPSA) is 124 Å². The van der Waals surface area contributed by atoms with Crippen molar-refractivity contribution in [2.24, 2.45) is 0 Å². The highest BCUT2D eigenvalue weighted by Crippen LogP contribution is 2.48. The number of ketones is 1. The smallest absolute Gasteiger partial charge is 0.293 e.